The van der Waals surface area contributed by atoms with Gasteiger partial charge in [-0.05, 0) is 64.1 Å². The second-order valence-electron chi connectivity index (χ2n) is 7.06. The van der Waals surface area contributed by atoms with Crippen molar-refractivity contribution >= 4 is 29.9 Å². The first-order chi connectivity index (χ1) is 11.6. The summed E-state index contributed by atoms with van der Waals surface area (Å²) in [6.07, 6.45) is 0. The fraction of sp³-hybridized carbons (Fsp3) is 0.333. The summed E-state index contributed by atoms with van der Waals surface area (Å²) in [5.41, 5.74) is 6.04. The molecule has 25 heavy (non-hydrogen) atoms. The molecule has 0 amide bonds. The van der Waals surface area contributed by atoms with E-state index in [-0.39, 0.29) is 5.75 Å². The van der Waals surface area contributed by atoms with Crippen LogP contribution in [-0.2, 0) is 9.31 Å². The Morgan fingerprint density at radius 1 is 1.00 bits per heavy atom. The molecule has 1 saturated heterocycles. The van der Waals surface area contributed by atoms with E-state index in [4.69, 9.17) is 31.4 Å². The molecule has 132 valence electrons. The molecule has 2 aromatic rings. The van der Waals surface area contributed by atoms with Gasteiger partial charge in [-0.3, -0.25) is 0 Å². The van der Waals surface area contributed by atoms with E-state index in [0.717, 1.165) is 0 Å². The Labute approximate surface area is 152 Å². The number of ether oxygens (including phenoxy) is 1. The number of hydrogen-bond acceptors (Lipinski definition) is 4. The summed E-state index contributed by atoms with van der Waals surface area (Å²) in [5.74, 6) is -0.0787. The molecular formula is C18H20BClFNO3. The van der Waals surface area contributed by atoms with Crippen molar-refractivity contribution in [3.8, 4) is 11.5 Å². The molecule has 7 heteroatoms. The summed E-state index contributed by atoms with van der Waals surface area (Å²) < 4.78 is 31.9. The zero-order chi connectivity index (χ0) is 18.4. The topological polar surface area (TPSA) is 53.7 Å². The molecule has 0 bridgehead atoms. The molecule has 1 fully saturated rings. The quantitative estimate of drug-likeness (QED) is 0.657. The Morgan fingerprint density at radius 3 is 2.20 bits per heavy atom. The predicted octanol–water partition coefficient (Wildman–Crippen LogP) is 4.15. The second kappa shape index (κ2) is 6.20. The average molecular weight is 364 g/mol. The van der Waals surface area contributed by atoms with Crippen LogP contribution >= 0.6 is 11.6 Å². The highest BCUT2D eigenvalue weighted by molar-refractivity contribution is 6.63. The fourth-order valence-electron chi connectivity index (χ4n) is 2.49. The first-order valence-corrected chi connectivity index (χ1v) is 8.35. The molecule has 0 spiro atoms. The van der Waals surface area contributed by atoms with Crippen molar-refractivity contribution in [2.45, 2.75) is 38.9 Å². The summed E-state index contributed by atoms with van der Waals surface area (Å²) in [7, 11) is -0.668. The van der Waals surface area contributed by atoms with E-state index in [1.807, 2.05) is 27.7 Å². The van der Waals surface area contributed by atoms with Crippen LogP contribution in [0.3, 0.4) is 0 Å². The second-order valence-corrected chi connectivity index (χ2v) is 7.50. The molecule has 0 radical (unpaired) electrons. The highest BCUT2D eigenvalue weighted by Crippen LogP contribution is 2.38. The number of rotatable bonds is 3. The third-order valence-electron chi connectivity index (χ3n) is 4.65. The van der Waals surface area contributed by atoms with Crippen molar-refractivity contribution in [2.75, 3.05) is 5.73 Å². The average Bonchev–Trinajstić information content (AvgIpc) is 2.72. The molecule has 3 rings (SSSR count). The van der Waals surface area contributed by atoms with Gasteiger partial charge in [-0.15, -0.1) is 0 Å². The van der Waals surface area contributed by atoms with Crippen molar-refractivity contribution in [2.24, 2.45) is 0 Å². The van der Waals surface area contributed by atoms with Gasteiger partial charge in [-0.1, -0.05) is 11.6 Å². The third kappa shape index (κ3) is 3.47. The van der Waals surface area contributed by atoms with Gasteiger partial charge in [0.15, 0.2) is 11.6 Å². The molecule has 1 heterocycles. The standard InChI is InChI=1S/C18H20BClFNO3/c1-17(2)18(3,4)25-19(24-17)13-10-12(22)6-8-15(13)23-16-7-5-11(20)9-14(16)21/h5-10H,22H2,1-4H3. The van der Waals surface area contributed by atoms with E-state index in [0.29, 0.717) is 21.9 Å². The summed E-state index contributed by atoms with van der Waals surface area (Å²) in [5, 5.41) is 0.299. The highest BCUT2D eigenvalue weighted by Gasteiger charge is 2.52. The molecular weight excluding hydrogens is 343 g/mol. The Morgan fingerprint density at radius 2 is 1.60 bits per heavy atom. The summed E-state index contributed by atoms with van der Waals surface area (Å²) in [4.78, 5) is 0. The first kappa shape index (κ1) is 18.0. The van der Waals surface area contributed by atoms with Gasteiger partial charge in [0.25, 0.3) is 0 Å². The zero-order valence-electron chi connectivity index (χ0n) is 14.6. The minimum absolute atomic E-state index is 0.0620. The van der Waals surface area contributed by atoms with Crippen LogP contribution in [0.1, 0.15) is 27.7 Å². The number of halogens is 2. The minimum atomic E-state index is -0.668. The van der Waals surface area contributed by atoms with Crippen molar-refractivity contribution in [3.63, 3.8) is 0 Å². The molecule has 1 aliphatic rings. The van der Waals surface area contributed by atoms with Crippen LogP contribution in [0.4, 0.5) is 10.1 Å². The van der Waals surface area contributed by atoms with Gasteiger partial charge in [0, 0.05) is 16.2 Å². The van der Waals surface area contributed by atoms with Crippen molar-refractivity contribution < 1.29 is 18.4 Å². The van der Waals surface area contributed by atoms with Gasteiger partial charge in [-0.25, -0.2) is 4.39 Å². The van der Waals surface area contributed by atoms with E-state index < -0.39 is 24.1 Å². The first-order valence-electron chi connectivity index (χ1n) is 7.97. The lowest BCUT2D eigenvalue weighted by atomic mass is 9.78. The molecule has 0 aliphatic carbocycles. The molecule has 0 aromatic heterocycles. The molecule has 2 N–H and O–H groups in total. The fourth-order valence-corrected chi connectivity index (χ4v) is 2.65. The largest absolute Gasteiger partial charge is 0.498 e. The van der Waals surface area contributed by atoms with Crippen LogP contribution in [0.2, 0.25) is 5.02 Å². The lowest BCUT2D eigenvalue weighted by Crippen LogP contribution is -2.41. The Hall–Kier alpha value is -1.76. The van der Waals surface area contributed by atoms with E-state index >= 15 is 0 Å². The predicted molar refractivity (Wildman–Crippen MR) is 98.1 cm³/mol. The molecule has 4 nitrogen and oxygen atoms in total. The Kier molecular flexibility index (Phi) is 4.48. The maximum absolute atomic E-state index is 14.1. The van der Waals surface area contributed by atoms with Crippen LogP contribution in [-0.4, -0.2) is 18.3 Å². The number of hydrogen-bond donors (Lipinski definition) is 1. The number of anilines is 1. The maximum Gasteiger partial charge on any atom is 0.498 e. The van der Waals surface area contributed by atoms with Gasteiger partial charge in [0.1, 0.15) is 5.75 Å². The van der Waals surface area contributed by atoms with Crippen LogP contribution in [0.25, 0.3) is 0 Å². The van der Waals surface area contributed by atoms with E-state index in [1.165, 1.54) is 12.1 Å². The van der Waals surface area contributed by atoms with Gasteiger partial charge in [0.05, 0.1) is 11.2 Å². The smallest absolute Gasteiger partial charge is 0.455 e. The van der Waals surface area contributed by atoms with Crippen LogP contribution in [0.15, 0.2) is 36.4 Å². The third-order valence-corrected chi connectivity index (χ3v) is 4.89. The number of nitrogen functional groups attached to an aromatic ring is 1. The maximum atomic E-state index is 14.1. The van der Waals surface area contributed by atoms with E-state index in [1.54, 1.807) is 24.3 Å². The summed E-state index contributed by atoms with van der Waals surface area (Å²) in [6, 6.07) is 9.30. The molecule has 0 saturated carbocycles. The Balaban J connectivity index is 1.97. The summed E-state index contributed by atoms with van der Waals surface area (Å²) in [6.45, 7) is 7.83. The lowest BCUT2D eigenvalue weighted by Gasteiger charge is -2.32. The number of benzene rings is 2. The monoisotopic (exact) mass is 363 g/mol. The van der Waals surface area contributed by atoms with E-state index in [2.05, 4.69) is 0 Å². The van der Waals surface area contributed by atoms with Gasteiger partial charge < -0.3 is 19.8 Å². The SMILES string of the molecule is CC1(C)OB(c2cc(N)ccc2Oc2ccc(Cl)cc2F)OC1(C)C. The number of nitrogens with two attached hydrogens (primary N) is 1. The van der Waals surface area contributed by atoms with E-state index in [9.17, 15) is 4.39 Å². The van der Waals surface area contributed by atoms with Crippen LogP contribution in [0.5, 0.6) is 11.5 Å². The molecule has 0 unspecified atom stereocenters. The van der Waals surface area contributed by atoms with Crippen molar-refractivity contribution in [1.82, 2.24) is 0 Å². The highest BCUT2D eigenvalue weighted by atomic mass is 35.5. The van der Waals surface area contributed by atoms with Crippen molar-refractivity contribution in [1.29, 1.82) is 0 Å². The Bertz CT molecular complexity index is 797. The van der Waals surface area contributed by atoms with Crippen LogP contribution < -0.4 is 15.9 Å². The minimum Gasteiger partial charge on any atom is -0.455 e. The van der Waals surface area contributed by atoms with Gasteiger partial charge in [-0.2, -0.15) is 0 Å². The molecule has 2 aromatic carbocycles. The molecule has 0 atom stereocenters. The molecule has 1 aliphatic heterocycles. The zero-order valence-corrected chi connectivity index (χ0v) is 15.4. The van der Waals surface area contributed by atoms with Crippen molar-refractivity contribution in [3.05, 3.63) is 47.2 Å². The summed E-state index contributed by atoms with van der Waals surface area (Å²) >= 11 is 5.79. The van der Waals surface area contributed by atoms with Crippen LogP contribution in [0, 0.1) is 5.82 Å². The van der Waals surface area contributed by atoms with Gasteiger partial charge >= 0.3 is 7.12 Å². The van der Waals surface area contributed by atoms with Gasteiger partial charge in [0.2, 0.25) is 0 Å². The lowest BCUT2D eigenvalue weighted by molar-refractivity contribution is 0.00578. The normalized spacial score (nSPS) is 18.4.